The predicted octanol–water partition coefficient (Wildman–Crippen LogP) is 2.51. The van der Waals surface area contributed by atoms with Crippen LogP contribution in [0.3, 0.4) is 0 Å². The van der Waals surface area contributed by atoms with Crippen LogP contribution in [0.25, 0.3) is 0 Å². The van der Waals surface area contributed by atoms with E-state index < -0.39 is 0 Å². The lowest BCUT2D eigenvalue weighted by atomic mass is 10.2. The Balaban J connectivity index is 1.49. The summed E-state index contributed by atoms with van der Waals surface area (Å²) in [6.07, 6.45) is 0.954. The van der Waals surface area contributed by atoms with E-state index >= 15 is 0 Å². The van der Waals surface area contributed by atoms with Gasteiger partial charge in [-0.25, -0.2) is 0 Å². The number of carbonyl (C=O) groups is 1. The van der Waals surface area contributed by atoms with E-state index in [1.807, 2.05) is 11.0 Å². The molecule has 0 radical (unpaired) electrons. The van der Waals surface area contributed by atoms with Crippen molar-refractivity contribution in [3.05, 3.63) is 60.2 Å². The summed E-state index contributed by atoms with van der Waals surface area (Å²) in [5.74, 6) is 0.362. The Bertz CT molecular complexity index is 690. The summed E-state index contributed by atoms with van der Waals surface area (Å²) >= 11 is 0. The van der Waals surface area contributed by atoms with E-state index in [1.54, 1.807) is 24.3 Å². The number of rotatable bonds is 5. The summed E-state index contributed by atoms with van der Waals surface area (Å²) in [6.45, 7) is 4.16. The number of hydrogen-bond donors (Lipinski definition) is 1. The molecular formula is C20H24N2O3. The molecule has 3 rings (SSSR count). The zero-order valence-electron chi connectivity index (χ0n) is 14.3. The first kappa shape index (κ1) is 17.3. The van der Waals surface area contributed by atoms with Crippen molar-refractivity contribution in [1.29, 1.82) is 0 Å². The van der Waals surface area contributed by atoms with E-state index in [1.165, 1.54) is 5.56 Å². The van der Waals surface area contributed by atoms with Gasteiger partial charge in [-0.05, 0) is 24.1 Å². The molecule has 2 aromatic carbocycles. The van der Waals surface area contributed by atoms with Gasteiger partial charge in [-0.15, -0.1) is 0 Å². The fourth-order valence-electron chi connectivity index (χ4n) is 3.03. The van der Waals surface area contributed by atoms with Crippen molar-refractivity contribution in [3.63, 3.8) is 0 Å². The second-order valence-electron chi connectivity index (χ2n) is 6.25. The third kappa shape index (κ3) is 4.97. The van der Waals surface area contributed by atoms with Crippen LogP contribution in [-0.4, -0.2) is 53.6 Å². The highest BCUT2D eigenvalue weighted by Crippen LogP contribution is 2.24. The number of aromatic hydroxyl groups is 1. The summed E-state index contributed by atoms with van der Waals surface area (Å²) in [4.78, 5) is 16.6. The van der Waals surface area contributed by atoms with Crippen molar-refractivity contribution in [2.24, 2.45) is 0 Å². The largest absolute Gasteiger partial charge is 0.504 e. The topological polar surface area (TPSA) is 53.0 Å². The van der Waals surface area contributed by atoms with E-state index in [2.05, 4.69) is 29.2 Å². The zero-order chi connectivity index (χ0) is 17.5. The molecule has 0 aliphatic carbocycles. The molecule has 25 heavy (non-hydrogen) atoms. The van der Waals surface area contributed by atoms with Crippen LogP contribution in [0.15, 0.2) is 54.6 Å². The number of hydrogen-bond acceptors (Lipinski definition) is 4. The third-order valence-corrected chi connectivity index (χ3v) is 4.41. The number of carbonyl (C=O) groups excluding carboxylic acids is 1. The van der Waals surface area contributed by atoms with Crippen molar-refractivity contribution < 1.29 is 14.6 Å². The number of benzene rings is 2. The maximum atomic E-state index is 12.4. The Hall–Kier alpha value is -2.53. The van der Waals surface area contributed by atoms with E-state index in [4.69, 9.17) is 4.74 Å². The second kappa shape index (κ2) is 8.53. The van der Waals surface area contributed by atoms with Gasteiger partial charge >= 0.3 is 0 Å². The second-order valence-corrected chi connectivity index (χ2v) is 6.25. The molecule has 132 valence electrons. The number of phenolic OH excluding ortho intramolecular Hbond substituents is 1. The molecule has 5 heteroatoms. The maximum Gasteiger partial charge on any atom is 0.260 e. The quantitative estimate of drug-likeness (QED) is 0.909. The van der Waals surface area contributed by atoms with Crippen LogP contribution >= 0.6 is 0 Å². The molecule has 0 spiro atoms. The summed E-state index contributed by atoms with van der Waals surface area (Å²) in [6, 6.07) is 17.1. The standard InChI is InChI=1S/C20H24N2O3/c23-18-9-4-5-10-19(18)25-16-20(24)22-12-6-11-21(13-14-22)15-17-7-2-1-3-8-17/h1-5,7-10,23H,6,11-16H2. The Labute approximate surface area is 148 Å². The lowest BCUT2D eigenvalue weighted by Gasteiger charge is -2.22. The molecule has 0 unspecified atom stereocenters. The first-order chi connectivity index (χ1) is 12.2. The number of amides is 1. The first-order valence-corrected chi connectivity index (χ1v) is 8.67. The lowest BCUT2D eigenvalue weighted by Crippen LogP contribution is -2.38. The predicted molar refractivity (Wildman–Crippen MR) is 96.5 cm³/mol. The molecule has 0 aromatic heterocycles. The molecule has 2 aromatic rings. The van der Waals surface area contributed by atoms with Gasteiger partial charge in [-0.2, -0.15) is 0 Å². The molecule has 0 atom stereocenters. The van der Waals surface area contributed by atoms with Crippen LogP contribution in [0.2, 0.25) is 0 Å². The van der Waals surface area contributed by atoms with Crippen LogP contribution in [0.1, 0.15) is 12.0 Å². The van der Waals surface area contributed by atoms with Gasteiger partial charge in [-0.3, -0.25) is 9.69 Å². The summed E-state index contributed by atoms with van der Waals surface area (Å²) < 4.78 is 5.46. The van der Waals surface area contributed by atoms with Gasteiger partial charge in [0.1, 0.15) is 0 Å². The van der Waals surface area contributed by atoms with Crippen molar-refractivity contribution in [2.45, 2.75) is 13.0 Å². The van der Waals surface area contributed by atoms with Crippen molar-refractivity contribution in [1.82, 2.24) is 9.80 Å². The van der Waals surface area contributed by atoms with Crippen molar-refractivity contribution >= 4 is 5.91 Å². The molecule has 1 fully saturated rings. The molecular weight excluding hydrogens is 316 g/mol. The molecule has 5 nitrogen and oxygen atoms in total. The van der Waals surface area contributed by atoms with Crippen LogP contribution in [0, 0.1) is 0 Å². The number of nitrogens with zero attached hydrogens (tertiary/aromatic N) is 2. The minimum atomic E-state index is -0.0454. The third-order valence-electron chi connectivity index (χ3n) is 4.41. The van der Waals surface area contributed by atoms with Crippen molar-refractivity contribution in [2.75, 3.05) is 32.8 Å². The highest BCUT2D eigenvalue weighted by molar-refractivity contribution is 5.77. The monoisotopic (exact) mass is 340 g/mol. The van der Waals surface area contributed by atoms with Gasteiger partial charge in [0.05, 0.1) is 0 Å². The number of ether oxygens (including phenoxy) is 1. The highest BCUT2D eigenvalue weighted by Gasteiger charge is 2.19. The van der Waals surface area contributed by atoms with Gasteiger partial charge in [0, 0.05) is 32.7 Å². The van der Waals surface area contributed by atoms with Gasteiger partial charge in [0.2, 0.25) is 0 Å². The number of para-hydroxylation sites is 2. The van der Waals surface area contributed by atoms with E-state index in [9.17, 15) is 9.90 Å². The van der Waals surface area contributed by atoms with E-state index in [-0.39, 0.29) is 18.3 Å². The van der Waals surface area contributed by atoms with Crippen LogP contribution in [0.5, 0.6) is 11.5 Å². The van der Waals surface area contributed by atoms with Gasteiger partial charge in [-0.1, -0.05) is 42.5 Å². The zero-order valence-corrected chi connectivity index (χ0v) is 14.3. The van der Waals surface area contributed by atoms with Crippen LogP contribution < -0.4 is 4.74 Å². The van der Waals surface area contributed by atoms with Gasteiger partial charge in [0.25, 0.3) is 5.91 Å². The molecule has 0 bridgehead atoms. The summed E-state index contributed by atoms with van der Waals surface area (Å²) in [5, 5.41) is 9.70. The van der Waals surface area contributed by atoms with Crippen molar-refractivity contribution in [3.8, 4) is 11.5 Å². The summed E-state index contributed by atoms with van der Waals surface area (Å²) in [7, 11) is 0. The smallest absolute Gasteiger partial charge is 0.260 e. The molecule has 1 N–H and O–H groups in total. The molecule has 1 heterocycles. The lowest BCUT2D eigenvalue weighted by molar-refractivity contribution is -0.133. The highest BCUT2D eigenvalue weighted by atomic mass is 16.5. The molecule has 0 saturated carbocycles. The molecule has 1 amide bonds. The minimum absolute atomic E-state index is 0.0372. The normalized spacial score (nSPS) is 15.6. The molecule has 1 aliphatic rings. The Morgan fingerprint density at radius 3 is 2.52 bits per heavy atom. The average molecular weight is 340 g/mol. The summed E-state index contributed by atoms with van der Waals surface area (Å²) in [5.41, 5.74) is 1.30. The van der Waals surface area contributed by atoms with Gasteiger partial charge < -0.3 is 14.7 Å². The van der Waals surface area contributed by atoms with E-state index in [0.29, 0.717) is 12.3 Å². The fourth-order valence-corrected chi connectivity index (χ4v) is 3.03. The number of phenols is 1. The average Bonchev–Trinajstić information content (AvgIpc) is 2.87. The minimum Gasteiger partial charge on any atom is -0.504 e. The molecule has 1 saturated heterocycles. The maximum absolute atomic E-state index is 12.4. The SMILES string of the molecule is O=C(COc1ccccc1O)N1CCCN(Cc2ccccc2)CC1. The fraction of sp³-hybridized carbons (Fsp3) is 0.350. The Kier molecular flexibility index (Phi) is 5.90. The Morgan fingerprint density at radius 2 is 1.72 bits per heavy atom. The van der Waals surface area contributed by atoms with Gasteiger partial charge in [0.15, 0.2) is 18.1 Å². The first-order valence-electron chi connectivity index (χ1n) is 8.67. The van der Waals surface area contributed by atoms with E-state index in [0.717, 1.165) is 32.6 Å². The van der Waals surface area contributed by atoms with Crippen LogP contribution in [0.4, 0.5) is 0 Å². The van der Waals surface area contributed by atoms with Crippen LogP contribution in [-0.2, 0) is 11.3 Å². The Morgan fingerprint density at radius 1 is 0.960 bits per heavy atom. The molecule has 1 aliphatic heterocycles.